The molecule has 1 aromatic heterocycles. The van der Waals surface area contributed by atoms with E-state index in [4.69, 9.17) is 0 Å². The smallest absolute Gasteiger partial charge is 0.319 e. The van der Waals surface area contributed by atoms with Crippen LogP contribution in [0.4, 0.5) is 10.5 Å². The molecule has 0 spiro atoms. The molecule has 0 aliphatic carbocycles. The van der Waals surface area contributed by atoms with Crippen molar-refractivity contribution in [1.29, 1.82) is 0 Å². The minimum atomic E-state index is -0.202. The van der Waals surface area contributed by atoms with E-state index in [1.807, 2.05) is 54.4 Å². The zero-order valence-electron chi connectivity index (χ0n) is 18.0. The number of carbonyl (C=O) groups excluding carboxylic acids is 2. The van der Waals surface area contributed by atoms with E-state index in [9.17, 15) is 9.59 Å². The van der Waals surface area contributed by atoms with Gasteiger partial charge in [-0.05, 0) is 55.3 Å². The molecule has 3 aromatic rings. The minimum absolute atomic E-state index is 0.187. The highest BCUT2D eigenvalue weighted by Gasteiger charge is 2.24. The fraction of sp³-hybridized carbons (Fsp3) is 0.360. The van der Waals surface area contributed by atoms with E-state index in [0.717, 1.165) is 36.2 Å². The summed E-state index contributed by atoms with van der Waals surface area (Å²) in [6.45, 7) is 4.78. The third-order valence-electron chi connectivity index (χ3n) is 5.98. The predicted octanol–water partition coefficient (Wildman–Crippen LogP) is 4.40. The lowest BCUT2D eigenvalue weighted by atomic mass is 9.97. The molecule has 0 radical (unpaired) electrons. The lowest BCUT2D eigenvalue weighted by Gasteiger charge is -2.33. The summed E-state index contributed by atoms with van der Waals surface area (Å²) in [6.07, 6.45) is 4.54. The predicted molar refractivity (Wildman–Crippen MR) is 124 cm³/mol. The third kappa shape index (κ3) is 5.45. The Morgan fingerprint density at radius 2 is 1.87 bits per heavy atom. The molecule has 1 fully saturated rings. The third-order valence-corrected chi connectivity index (χ3v) is 5.98. The molecule has 31 heavy (non-hydrogen) atoms. The van der Waals surface area contributed by atoms with Crippen molar-refractivity contribution in [3.8, 4) is 0 Å². The highest BCUT2D eigenvalue weighted by molar-refractivity contribution is 5.89. The molecule has 3 amide bonds. The fourth-order valence-electron chi connectivity index (χ4n) is 4.22. The molecule has 0 bridgehead atoms. The second kappa shape index (κ2) is 9.69. The van der Waals surface area contributed by atoms with Crippen LogP contribution in [0.3, 0.4) is 0 Å². The largest absolute Gasteiger partial charge is 0.347 e. The van der Waals surface area contributed by atoms with Gasteiger partial charge >= 0.3 is 6.03 Å². The van der Waals surface area contributed by atoms with Crippen molar-refractivity contribution in [1.82, 2.24) is 14.8 Å². The van der Waals surface area contributed by atoms with Gasteiger partial charge in [0.15, 0.2) is 0 Å². The van der Waals surface area contributed by atoms with Gasteiger partial charge in [-0.3, -0.25) is 4.79 Å². The van der Waals surface area contributed by atoms with Crippen molar-refractivity contribution in [3.63, 3.8) is 0 Å². The van der Waals surface area contributed by atoms with Crippen molar-refractivity contribution < 1.29 is 9.59 Å². The first-order valence-corrected chi connectivity index (χ1v) is 11.0. The quantitative estimate of drug-likeness (QED) is 0.623. The van der Waals surface area contributed by atoms with Crippen LogP contribution < -0.4 is 10.6 Å². The number of carbonyl (C=O) groups is 2. The molecule has 1 saturated heterocycles. The highest BCUT2D eigenvalue weighted by Crippen LogP contribution is 2.19. The van der Waals surface area contributed by atoms with Gasteiger partial charge in [0.2, 0.25) is 5.91 Å². The number of aryl methyl sites for hydroxylation is 2. The number of benzene rings is 2. The normalized spacial score (nSPS) is 16.3. The number of nitrogens with one attached hydrogen (secondary N) is 2. The number of para-hydroxylation sites is 1. The van der Waals surface area contributed by atoms with Crippen LogP contribution >= 0.6 is 0 Å². The molecule has 2 aromatic carbocycles. The van der Waals surface area contributed by atoms with Gasteiger partial charge in [-0.25, -0.2) is 4.79 Å². The molecular weight excluding hydrogens is 388 g/mol. The summed E-state index contributed by atoms with van der Waals surface area (Å²) < 4.78 is 2.14. The summed E-state index contributed by atoms with van der Waals surface area (Å²) in [5.41, 5.74) is 3.10. The fourth-order valence-corrected chi connectivity index (χ4v) is 4.22. The lowest BCUT2D eigenvalue weighted by Crippen LogP contribution is -2.44. The van der Waals surface area contributed by atoms with E-state index in [-0.39, 0.29) is 17.9 Å². The van der Waals surface area contributed by atoms with Gasteiger partial charge in [0.1, 0.15) is 0 Å². The number of piperidine rings is 1. The zero-order valence-corrected chi connectivity index (χ0v) is 18.0. The maximum atomic E-state index is 12.8. The SMILES string of the molecule is Cc1ccc(NC(=O)NCC2CCCN(C(=O)CCn3ccc4ccccc43)C2)cc1. The van der Waals surface area contributed by atoms with Crippen molar-refractivity contribution in [3.05, 3.63) is 66.4 Å². The van der Waals surface area contributed by atoms with E-state index in [0.29, 0.717) is 26.1 Å². The summed E-state index contributed by atoms with van der Waals surface area (Å²) in [4.78, 5) is 26.9. The van der Waals surface area contributed by atoms with E-state index in [1.165, 1.54) is 5.39 Å². The number of urea groups is 1. The number of amides is 3. The standard InChI is InChI=1S/C25H30N4O2/c1-19-8-10-22(11-9-19)27-25(31)26-17-20-5-4-14-29(18-20)24(30)13-16-28-15-12-21-6-2-3-7-23(21)28/h2-3,6-12,15,20H,4-5,13-14,16-18H2,1H3,(H2,26,27,31). The Labute approximate surface area is 183 Å². The van der Waals surface area contributed by atoms with Gasteiger partial charge in [0.05, 0.1) is 0 Å². The number of hydrogen-bond acceptors (Lipinski definition) is 2. The molecule has 2 N–H and O–H groups in total. The van der Waals surface area contributed by atoms with Gasteiger partial charge in [-0.1, -0.05) is 35.9 Å². The maximum Gasteiger partial charge on any atom is 0.319 e. The van der Waals surface area contributed by atoms with Gasteiger partial charge in [-0.15, -0.1) is 0 Å². The van der Waals surface area contributed by atoms with Crippen LogP contribution in [0.15, 0.2) is 60.8 Å². The molecule has 1 unspecified atom stereocenters. The van der Waals surface area contributed by atoms with E-state index in [1.54, 1.807) is 0 Å². The first-order chi connectivity index (χ1) is 15.1. The average Bonchev–Trinajstić information content (AvgIpc) is 3.21. The summed E-state index contributed by atoms with van der Waals surface area (Å²) in [7, 11) is 0. The number of rotatable bonds is 6. The van der Waals surface area contributed by atoms with Crippen LogP contribution in [0.25, 0.3) is 10.9 Å². The number of hydrogen-bond donors (Lipinski definition) is 2. The van der Waals surface area contributed by atoms with Crippen molar-refractivity contribution in [2.45, 2.75) is 32.7 Å². The maximum absolute atomic E-state index is 12.8. The van der Waals surface area contributed by atoms with Crippen LogP contribution in [0, 0.1) is 12.8 Å². The van der Waals surface area contributed by atoms with Crippen LogP contribution in [-0.4, -0.2) is 41.0 Å². The monoisotopic (exact) mass is 418 g/mol. The van der Waals surface area contributed by atoms with Crippen molar-refractivity contribution >= 4 is 28.5 Å². The number of likely N-dealkylation sites (tertiary alicyclic amines) is 1. The molecule has 1 atom stereocenters. The Bertz CT molecular complexity index is 1040. The number of anilines is 1. The first kappa shape index (κ1) is 21.0. The van der Waals surface area contributed by atoms with Crippen molar-refractivity contribution in [2.75, 3.05) is 25.0 Å². The molecule has 6 nitrogen and oxygen atoms in total. The lowest BCUT2D eigenvalue weighted by molar-refractivity contribution is -0.133. The molecule has 1 aliphatic heterocycles. The Morgan fingerprint density at radius 1 is 1.06 bits per heavy atom. The van der Waals surface area contributed by atoms with Crippen molar-refractivity contribution in [2.24, 2.45) is 5.92 Å². The average molecular weight is 419 g/mol. The Morgan fingerprint density at radius 3 is 2.71 bits per heavy atom. The van der Waals surface area contributed by atoms with E-state index >= 15 is 0 Å². The second-order valence-electron chi connectivity index (χ2n) is 8.37. The van der Waals surface area contributed by atoms with Gasteiger partial charge < -0.3 is 20.1 Å². The number of nitrogens with zero attached hydrogens (tertiary/aromatic N) is 2. The van der Waals surface area contributed by atoms with Crippen LogP contribution in [0.5, 0.6) is 0 Å². The summed E-state index contributed by atoms with van der Waals surface area (Å²) in [5, 5.41) is 7.01. The summed E-state index contributed by atoms with van der Waals surface area (Å²) in [6, 6.07) is 17.8. The van der Waals surface area contributed by atoms with Crippen LogP contribution in [0.1, 0.15) is 24.8 Å². The highest BCUT2D eigenvalue weighted by atomic mass is 16.2. The van der Waals surface area contributed by atoms with Gasteiger partial charge in [0.25, 0.3) is 0 Å². The Kier molecular flexibility index (Phi) is 6.55. The first-order valence-electron chi connectivity index (χ1n) is 11.0. The topological polar surface area (TPSA) is 66.4 Å². The van der Waals surface area contributed by atoms with E-state index < -0.39 is 0 Å². The molecular formula is C25H30N4O2. The van der Waals surface area contributed by atoms with Crippen LogP contribution in [-0.2, 0) is 11.3 Å². The zero-order chi connectivity index (χ0) is 21.6. The molecule has 6 heteroatoms. The van der Waals surface area contributed by atoms with Crippen LogP contribution in [0.2, 0.25) is 0 Å². The van der Waals surface area contributed by atoms with E-state index in [2.05, 4.69) is 33.4 Å². The van der Waals surface area contributed by atoms with Gasteiger partial charge in [0, 0.05) is 50.0 Å². The minimum Gasteiger partial charge on any atom is -0.347 e. The number of aromatic nitrogens is 1. The summed E-state index contributed by atoms with van der Waals surface area (Å²) >= 11 is 0. The number of fused-ring (bicyclic) bond motifs is 1. The molecule has 2 heterocycles. The second-order valence-corrected chi connectivity index (χ2v) is 8.37. The van der Waals surface area contributed by atoms with Gasteiger partial charge in [-0.2, -0.15) is 0 Å². The molecule has 4 rings (SSSR count). The molecule has 162 valence electrons. The Balaban J connectivity index is 1.23. The molecule has 1 aliphatic rings. The Hall–Kier alpha value is -3.28. The summed E-state index contributed by atoms with van der Waals surface area (Å²) in [5.74, 6) is 0.473. The molecule has 0 saturated carbocycles.